The van der Waals surface area contributed by atoms with Crippen LogP contribution in [0.15, 0.2) is 0 Å². The van der Waals surface area contributed by atoms with Gasteiger partial charge in [-0.2, -0.15) is 0 Å². The molecule has 1 spiro atoms. The lowest BCUT2D eigenvalue weighted by Crippen LogP contribution is -2.49. The van der Waals surface area contributed by atoms with Crippen molar-refractivity contribution in [3.63, 3.8) is 0 Å². The van der Waals surface area contributed by atoms with Gasteiger partial charge in [0, 0.05) is 12.1 Å². The molecule has 2 atom stereocenters. The maximum absolute atomic E-state index is 3.74. The highest BCUT2D eigenvalue weighted by Crippen LogP contribution is 2.46. The van der Waals surface area contributed by atoms with Gasteiger partial charge < -0.3 is 5.32 Å². The molecule has 1 saturated heterocycles. The normalized spacial score (nSPS) is 37.3. The minimum absolute atomic E-state index is 0.740. The molecule has 0 aromatic heterocycles. The molecule has 0 bridgehead atoms. The zero-order valence-corrected chi connectivity index (χ0v) is 9.81. The van der Waals surface area contributed by atoms with E-state index < -0.39 is 0 Å². The third-order valence-corrected chi connectivity index (χ3v) is 4.35. The fourth-order valence-corrected chi connectivity index (χ4v) is 3.75. The maximum atomic E-state index is 3.74. The second-order valence-corrected chi connectivity index (χ2v) is 5.64. The van der Waals surface area contributed by atoms with Crippen LogP contribution < -0.4 is 5.32 Å². The van der Waals surface area contributed by atoms with Gasteiger partial charge in [-0.3, -0.25) is 0 Å². The summed E-state index contributed by atoms with van der Waals surface area (Å²) in [5.74, 6) is 0. The molecule has 1 N–H and O–H groups in total. The molecular weight excluding hydrogens is 170 g/mol. The fraction of sp³-hybridized carbons (Fsp3) is 1.00. The first-order valence-electron chi connectivity index (χ1n) is 6.50. The van der Waals surface area contributed by atoms with Crippen LogP contribution >= 0.6 is 0 Å². The molecule has 1 heterocycles. The summed E-state index contributed by atoms with van der Waals surface area (Å²) in [5.41, 5.74) is 0.740. The second kappa shape index (κ2) is 4.22. The minimum Gasteiger partial charge on any atom is -0.311 e. The molecule has 0 radical (unpaired) electrons. The van der Waals surface area contributed by atoms with Gasteiger partial charge in [-0.25, -0.2) is 0 Å². The van der Waals surface area contributed by atoms with E-state index in [2.05, 4.69) is 19.2 Å². The van der Waals surface area contributed by atoms with E-state index in [-0.39, 0.29) is 0 Å². The Morgan fingerprint density at radius 3 is 2.50 bits per heavy atom. The van der Waals surface area contributed by atoms with E-state index in [9.17, 15) is 0 Å². The summed E-state index contributed by atoms with van der Waals surface area (Å²) in [6.45, 7) is 4.70. The van der Waals surface area contributed by atoms with Crippen molar-refractivity contribution in [1.82, 2.24) is 5.32 Å². The van der Waals surface area contributed by atoms with Crippen LogP contribution in [0.1, 0.15) is 65.2 Å². The van der Waals surface area contributed by atoms with E-state index in [1.807, 2.05) is 0 Å². The lowest BCUT2D eigenvalue weighted by atomic mass is 9.65. The van der Waals surface area contributed by atoms with E-state index in [1.54, 1.807) is 0 Å². The summed E-state index contributed by atoms with van der Waals surface area (Å²) in [4.78, 5) is 0. The van der Waals surface area contributed by atoms with E-state index in [4.69, 9.17) is 0 Å². The molecule has 0 aromatic rings. The lowest BCUT2D eigenvalue weighted by Gasteiger charge is -2.46. The van der Waals surface area contributed by atoms with Crippen molar-refractivity contribution >= 4 is 0 Å². The van der Waals surface area contributed by atoms with Gasteiger partial charge in [-0.15, -0.1) is 0 Å². The highest BCUT2D eigenvalue weighted by Gasteiger charge is 2.38. The zero-order valence-electron chi connectivity index (χ0n) is 9.81. The predicted octanol–water partition coefficient (Wildman–Crippen LogP) is 3.49. The van der Waals surface area contributed by atoms with E-state index in [1.165, 1.54) is 51.4 Å². The molecule has 1 heteroatoms. The first-order valence-corrected chi connectivity index (χ1v) is 6.50. The largest absolute Gasteiger partial charge is 0.311 e. The van der Waals surface area contributed by atoms with Crippen LogP contribution in [-0.2, 0) is 0 Å². The molecule has 2 unspecified atom stereocenters. The van der Waals surface area contributed by atoms with Crippen LogP contribution in [0.4, 0.5) is 0 Å². The quantitative estimate of drug-likeness (QED) is 0.675. The lowest BCUT2D eigenvalue weighted by molar-refractivity contribution is 0.0823. The van der Waals surface area contributed by atoms with Gasteiger partial charge in [0.05, 0.1) is 0 Å². The summed E-state index contributed by atoms with van der Waals surface area (Å²) in [5, 5.41) is 3.74. The first kappa shape index (κ1) is 10.5. The molecule has 1 aliphatic carbocycles. The van der Waals surface area contributed by atoms with Crippen molar-refractivity contribution in [3.8, 4) is 0 Å². The Bertz CT molecular complexity index is 182. The number of piperidine rings is 1. The molecule has 82 valence electrons. The van der Waals surface area contributed by atoms with Gasteiger partial charge in [0.25, 0.3) is 0 Å². The van der Waals surface area contributed by atoms with E-state index >= 15 is 0 Å². The van der Waals surface area contributed by atoms with Gasteiger partial charge in [0.1, 0.15) is 0 Å². The maximum Gasteiger partial charge on any atom is 0.00722 e. The Hall–Kier alpha value is -0.0400. The average molecular weight is 195 g/mol. The minimum atomic E-state index is 0.740. The topological polar surface area (TPSA) is 12.0 Å². The van der Waals surface area contributed by atoms with Crippen LogP contribution in [0, 0.1) is 5.41 Å². The van der Waals surface area contributed by atoms with Gasteiger partial charge in [0.2, 0.25) is 0 Å². The number of nitrogens with one attached hydrogen (secondary N) is 1. The Morgan fingerprint density at radius 1 is 1.14 bits per heavy atom. The summed E-state index contributed by atoms with van der Waals surface area (Å²) in [7, 11) is 0. The van der Waals surface area contributed by atoms with Gasteiger partial charge in [-0.1, -0.05) is 26.2 Å². The van der Waals surface area contributed by atoms with Crippen LogP contribution in [0.2, 0.25) is 0 Å². The monoisotopic (exact) mass is 195 g/mol. The molecule has 1 aliphatic heterocycles. The predicted molar refractivity (Wildman–Crippen MR) is 61.4 cm³/mol. The van der Waals surface area contributed by atoms with Gasteiger partial charge in [0.15, 0.2) is 0 Å². The summed E-state index contributed by atoms with van der Waals surface area (Å²) in [6, 6.07) is 1.56. The second-order valence-electron chi connectivity index (χ2n) is 5.64. The smallest absolute Gasteiger partial charge is 0.00722 e. The molecular formula is C13H25N. The Morgan fingerprint density at radius 2 is 1.86 bits per heavy atom. The molecule has 14 heavy (non-hydrogen) atoms. The number of hydrogen-bond acceptors (Lipinski definition) is 1. The van der Waals surface area contributed by atoms with E-state index in [0.717, 1.165) is 17.5 Å². The van der Waals surface area contributed by atoms with Crippen LogP contribution in [-0.4, -0.2) is 12.1 Å². The molecule has 2 rings (SSSR count). The molecule has 0 amide bonds. The molecule has 0 aromatic carbocycles. The summed E-state index contributed by atoms with van der Waals surface area (Å²) < 4.78 is 0. The molecule has 1 saturated carbocycles. The number of hydrogen-bond donors (Lipinski definition) is 1. The molecule has 1 nitrogen and oxygen atoms in total. The average Bonchev–Trinajstić information content (AvgIpc) is 2.17. The third-order valence-electron chi connectivity index (χ3n) is 4.35. The zero-order chi connectivity index (χ0) is 10.0. The van der Waals surface area contributed by atoms with Crippen LogP contribution in [0.3, 0.4) is 0 Å². The van der Waals surface area contributed by atoms with Crippen molar-refractivity contribution < 1.29 is 0 Å². The standard InChI is InChI=1S/C13H25N/c1-3-12-10-13(9-11(2)14-12)7-5-4-6-8-13/h11-12,14H,3-10H2,1-2H3. The highest BCUT2D eigenvalue weighted by atomic mass is 15.0. The van der Waals surface area contributed by atoms with Gasteiger partial charge >= 0.3 is 0 Å². The van der Waals surface area contributed by atoms with Crippen molar-refractivity contribution in [3.05, 3.63) is 0 Å². The Balaban J connectivity index is 2.02. The molecule has 2 aliphatic rings. The summed E-state index contributed by atoms with van der Waals surface area (Å²) in [6.07, 6.45) is 11.7. The Labute approximate surface area is 88.7 Å². The fourth-order valence-electron chi connectivity index (χ4n) is 3.75. The number of rotatable bonds is 1. The van der Waals surface area contributed by atoms with E-state index in [0.29, 0.717) is 0 Å². The third kappa shape index (κ3) is 2.13. The van der Waals surface area contributed by atoms with Crippen molar-refractivity contribution in [2.24, 2.45) is 5.41 Å². The first-order chi connectivity index (χ1) is 6.74. The van der Waals surface area contributed by atoms with Crippen LogP contribution in [0.25, 0.3) is 0 Å². The van der Waals surface area contributed by atoms with Gasteiger partial charge in [-0.05, 0) is 44.4 Å². The van der Waals surface area contributed by atoms with Crippen molar-refractivity contribution in [2.45, 2.75) is 77.3 Å². The van der Waals surface area contributed by atoms with Crippen LogP contribution in [0.5, 0.6) is 0 Å². The SMILES string of the molecule is CCC1CC2(CCCCC2)CC(C)N1. The van der Waals surface area contributed by atoms with Crippen molar-refractivity contribution in [2.75, 3.05) is 0 Å². The molecule has 2 fully saturated rings. The summed E-state index contributed by atoms with van der Waals surface area (Å²) >= 11 is 0. The Kier molecular flexibility index (Phi) is 3.16. The van der Waals surface area contributed by atoms with Crippen molar-refractivity contribution in [1.29, 1.82) is 0 Å². The highest BCUT2D eigenvalue weighted by molar-refractivity contribution is 4.94.